The summed E-state index contributed by atoms with van der Waals surface area (Å²) in [6.07, 6.45) is 0. The van der Waals surface area contributed by atoms with Crippen LogP contribution in [0.5, 0.6) is 0 Å². The minimum atomic E-state index is -0.0550. The van der Waals surface area contributed by atoms with Crippen LogP contribution in [0, 0.1) is 13.8 Å². The number of aromatic nitrogens is 2. The summed E-state index contributed by atoms with van der Waals surface area (Å²) in [6, 6.07) is 0. The molecular formula is C15H23N3O2S. The van der Waals surface area contributed by atoms with Crippen molar-refractivity contribution in [1.82, 2.24) is 14.5 Å². The van der Waals surface area contributed by atoms with Crippen molar-refractivity contribution in [2.24, 2.45) is 0 Å². The Hall–Kier alpha value is -1.24. The number of hydrogen-bond donors (Lipinski definition) is 1. The quantitative estimate of drug-likeness (QED) is 0.885. The predicted molar refractivity (Wildman–Crippen MR) is 87.1 cm³/mol. The van der Waals surface area contributed by atoms with Gasteiger partial charge >= 0.3 is 0 Å². The SMILES string of the molecule is CCN(CC)Cc1nc2sc(C)c(C)c2c(=O)n1CCO. The molecule has 116 valence electrons. The van der Waals surface area contributed by atoms with Gasteiger partial charge in [-0.15, -0.1) is 11.3 Å². The molecule has 0 aliphatic rings. The summed E-state index contributed by atoms with van der Waals surface area (Å²) in [6.45, 7) is 10.9. The fourth-order valence-electron chi connectivity index (χ4n) is 2.47. The highest BCUT2D eigenvalue weighted by Crippen LogP contribution is 2.26. The molecular weight excluding hydrogens is 286 g/mol. The fourth-order valence-corrected chi connectivity index (χ4v) is 3.51. The van der Waals surface area contributed by atoms with Gasteiger partial charge in [0.1, 0.15) is 10.7 Å². The number of aryl methyl sites for hydroxylation is 2. The van der Waals surface area contributed by atoms with Crippen LogP contribution in [0.15, 0.2) is 4.79 Å². The Morgan fingerprint density at radius 3 is 2.52 bits per heavy atom. The smallest absolute Gasteiger partial charge is 0.262 e. The highest BCUT2D eigenvalue weighted by atomic mass is 32.1. The van der Waals surface area contributed by atoms with Crippen LogP contribution in [0.3, 0.4) is 0 Å². The normalized spacial score (nSPS) is 11.7. The molecule has 2 aromatic heterocycles. The molecule has 1 N–H and O–H groups in total. The van der Waals surface area contributed by atoms with E-state index in [9.17, 15) is 9.90 Å². The van der Waals surface area contributed by atoms with E-state index in [0.29, 0.717) is 18.5 Å². The summed E-state index contributed by atoms with van der Waals surface area (Å²) in [4.78, 5) is 21.6. The maximum atomic E-state index is 12.7. The molecule has 2 aromatic rings. The average Bonchev–Trinajstić information content (AvgIpc) is 2.75. The number of nitrogens with zero attached hydrogens (tertiary/aromatic N) is 3. The van der Waals surface area contributed by atoms with Crippen LogP contribution in [0.1, 0.15) is 30.1 Å². The van der Waals surface area contributed by atoms with E-state index in [1.807, 2.05) is 13.8 Å². The monoisotopic (exact) mass is 309 g/mol. The highest BCUT2D eigenvalue weighted by Gasteiger charge is 2.17. The molecule has 0 aliphatic heterocycles. The van der Waals surface area contributed by atoms with Crippen LogP contribution < -0.4 is 5.56 Å². The van der Waals surface area contributed by atoms with Gasteiger partial charge in [0.2, 0.25) is 0 Å². The molecule has 0 aromatic carbocycles. The third-order valence-corrected chi connectivity index (χ3v) is 5.05. The Morgan fingerprint density at radius 1 is 1.29 bits per heavy atom. The lowest BCUT2D eigenvalue weighted by Gasteiger charge is -2.20. The molecule has 0 atom stereocenters. The lowest BCUT2D eigenvalue weighted by Crippen LogP contribution is -2.31. The molecule has 5 nitrogen and oxygen atoms in total. The molecule has 0 radical (unpaired) electrons. The van der Waals surface area contributed by atoms with Crippen molar-refractivity contribution in [3.8, 4) is 0 Å². The van der Waals surface area contributed by atoms with Gasteiger partial charge in [-0.25, -0.2) is 4.98 Å². The van der Waals surface area contributed by atoms with Crippen LogP contribution in [-0.2, 0) is 13.1 Å². The first-order valence-electron chi connectivity index (χ1n) is 7.36. The zero-order valence-corrected chi connectivity index (χ0v) is 14.0. The number of aliphatic hydroxyl groups is 1. The molecule has 2 rings (SSSR count). The first-order chi connectivity index (χ1) is 10.0. The summed E-state index contributed by atoms with van der Waals surface area (Å²) in [5, 5.41) is 9.97. The largest absolute Gasteiger partial charge is 0.395 e. The van der Waals surface area contributed by atoms with Crippen molar-refractivity contribution in [3.05, 3.63) is 26.6 Å². The second-order valence-corrected chi connectivity index (χ2v) is 6.34. The number of thiophene rings is 1. The maximum Gasteiger partial charge on any atom is 0.262 e. The molecule has 0 bridgehead atoms. The van der Waals surface area contributed by atoms with Crippen molar-refractivity contribution in [1.29, 1.82) is 0 Å². The topological polar surface area (TPSA) is 58.4 Å². The van der Waals surface area contributed by atoms with Crippen molar-refractivity contribution >= 4 is 21.6 Å². The van der Waals surface area contributed by atoms with Crippen LogP contribution in [-0.4, -0.2) is 39.3 Å². The van der Waals surface area contributed by atoms with E-state index in [-0.39, 0.29) is 12.2 Å². The van der Waals surface area contributed by atoms with Crippen molar-refractivity contribution in [2.45, 2.75) is 40.8 Å². The fraction of sp³-hybridized carbons (Fsp3) is 0.600. The first kappa shape index (κ1) is 16.1. The first-order valence-corrected chi connectivity index (χ1v) is 8.17. The summed E-state index contributed by atoms with van der Waals surface area (Å²) < 4.78 is 1.62. The Balaban J connectivity index is 2.63. The van der Waals surface area contributed by atoms with Gasteiger partial charge in [-0.2, -0.15) is 0 Å². The zero-order chi connectivity index (χ0) is 15.6. The van der Waals surface area contributed by atoms with E-state index in [1.165, 1.54) is 0 Å². The molecule has 0 saturated heterocycles. The van der Waals surface area contributed by atoms with Crippen LogP contribution in [0.4, 0.5) is 0 Å². The van der Waals surface area contributed by atoms with Gasteiger partial charge in [-0.1, -0.05) is 13.8 Å². The van der Waals surface area contributed by atoms with Crippen molar-refractivity contribution in [3.63, 3.8) is 0 Å². The summed E-state index contributed by atoms with van der Waals surface area (Å²) in [7, 11) is 0. The van der Waals surface area contributed by atoms with Gasteiger partial charge in [0.05, 0.1) is 25.1 Å². The van der Waals surface area contributed by atoms with Gasteiger partial charge in [0.25, 0.3) is 5.56 Å². The molecule has 0 spiro atoms. The summed E-state index contributed by atoms with van der Waals surface area (Å²) in [5.74, 6) is 0.742. The highest BCUT2D eigenvalue weighted by molar-refractivity contribution is 7.18. The zero-order valence-electron chi connectivity index (χ0n) is 13.1. The Bertz CT molecular complexity index is 686. The van der Waals surface area contributed by atoms with E-state index >= 15 is 0 Å². The van der Waals surface area contributed by atoms with Crippen molar-refractivity contribution < 1.29 is 5.11 Å². The molecule has 6 heteroatoms. The number of hydrogen-bond acceptors (Lipinski definition) is 5. The number of fused-ring (bicyclic) bond motifs is 1. The number of aliphatic hydroxyl groups excluding tert-OH is 1. The molecule has 0 saturated carbocycles. The van der Waals surface area contributed by atoms with E-state index in [1.54, 1.807) is 15.9 Å². The molecule has 0 fully saturated rings. The van der Waals surface area contributed by atoms with E-state index in [0.717, 1.165) is 34.2 Å². The third-order valence-electron chi connectivity index (χ3n) is 3.95. The number of rotatable bonds is 6. The third kappa shape index (κ3) is 3.02. The lowest BCUT2D eigenvalue weighted by atomic mass is 10.2. The lowest BCUT2D eigenvalue weighted by molar-refractivity contribution is 0.255. The van der Waals surface area contributed by atoms with Gasteiger partial charge in [0.15, 0.2) is 0 Å². The van der Waals surface area contributed by atoms with E-state index < -0.39 is 0 Å². The minimum absolute atomic E-state index is 0.0296. The summed E-state index contributed by atoms with van der Waals surface area (Å²) >= 11 is 1.57. The molecule has 0 amide bonds. The summed E-state index contributed by atoms with van der Waals surface area (Å²) in [5.41, 5.74) is 0.978. The predicted octanol–water partition coefficient (Wildman–Crippen LogP) is 1.91. The minimum Gasteiger partial charge on any atom is -0.395 e. The van der Waals surface area contributed by atoms with Gasteiger partial charge in [0, 0.05) is 4.88 Å². The maximum absolute atomic E-state index is 12.7. The van der Waals surface area contributed by atoms with E-state index in [2.05, 4.69) is 18.7 Å². The Morgan fingerprint density at radius 2 is 1.95 bits per heavy atom. The average molecular weight is 309 g/mol. The standard InChI is InChI=1S/C15H23N3O2S/c1-5-17(6-2)9-12-16-14-13(10(3)11(4)21-14)15(20)18(12)7-8-19/h19H,5-9H2,1-4H3. The van der Waals surface area contributed by atoms with Crippen LogP contribution in [0.25, 0.3) is 10.2 Å². The Kier molecular flexibility index (Phi) is 5.13. The second kappa shape index (κ2) is 6.68. The van der Waals surface area contributed by atoms with Gasteiger partial charge in [-0.3, -0.25) is 14.3 Å². The molecule has 0 aliphatic carbocycles. The molecule has 2 heterocycles. The van der Waals surface area contributed by atoms with E-state index in [4.69, 9.17) is 4.98 Å². The Labute approximate surface area is 128 Å². The van der Waals surface area contributed by atoms with Crippen LogP contribution >= 0.6 is 11.3 Å². The van der Waals surface area contributed by atoms with Gasteiger partial charge in [-0.05, 0) is 32.5 Å². The van der Waals surface area contributed by atoms with Crippen LogP contribution in [0.2, 0.25) is 0 Å². The van der Waals surface area contributed by atoms with Gasteiger partial charge < -0.3 is 5.11 Å². The molecule has 21 heavy (non-hydrogen) atoms. The second-order valence-electron chi connectivity index (χ2n) is 5.13. The van der Waals surface area contributed by atoms with Crippen molar-refractivity contribution in [2.75, 3.05) is 19.7 Å². The molecule has 0 unspecified atom stereocenters.